The van der Waals surface area contributed by atoms with Gasteiger partial charge in [-0.15, -0.1) is 0 Å². The maximum absolute atomic E-state index is 12.7. The molecule has 8 nitrogen and oxygen atoms in total. The number of nitrogens with zero attached hydrogens (tertiary/aromatic N) is 1. The molecule has 0 aromatic heterocycles. The summed E-state index contributed by atoms with van der Waals surface area (Å²) in [7, 11) is 4.31. The smallest absolute Gasteiger partial charge is 0.343 e. The molecule has 0 spiro atoms. The van der Waals surface area contributed by atoms with Gasteiger partial charge in [-0.25, -0.2) is 4.79 Å². The Morgan fingerprint density at radius 2 is 1.61 bits per heavy atom. The van der Waals surface area contributed by atoms with Crippen LogP contribution in [0.3, 0.4) is 0 Å². The van der Waals surface area contributed by atoms with Crippen LogP contribution in [0, 0.1) is 10.1 Å². The van der Waals surface area contributed by atoms with Crippen LogP contribution in [0.2, 0.25) is 0 Å². The van der Waals surface area contributed by atoms with E-state index in [0.717, 1.165) is 6.20 Å². The molecule has 0 fully saturated rings. The van der Waals surface area contributed by atoms with Crippen molar-refractivity contribution in [3.63, 3.8) is 0 Å². The fraction of sp³-hybridized carbons (Fsp3) is 0.167. The number of halogens is 2. The Kier molecular flexibility index (Phi) is 7.41. The summed E-state index contributed by atoms with van der Waals surface area (Å²) in [5.41, 5.74) is 0.479. The molecule has 0 heterocycles. The van der Waals surface area contributed by atoms with Crippen molar-refractivity contribution in [3.05, 3.63) is 60.7 Å². The van der Waals surface area contributed by atoms with Crippen LogP contribution in [0.25, 0.3) is 6.08 Å². The molecule has 0 unspecified atom stereocenters. The quantitative estimate of drug-likeness (QED) is 0.227. The van der Waals surface area contributed by atoms with Crippen LogP contribution in [0.5, 0.6) is 23.0 Å². The summed E-state index contributed by atoms with van der Waals surface area (Å²) >= 11 is 6.60. The van der Waals surface area contributed by atoms with Crippen molar-refractivity contribution < 1.29 is 28.7 Å². The maximum atomic E-state index is 12.7. The maximum Gasteiger partial charge on any atom is 0.343 e. The lowest BCUT2D eigenvalue weighted by Crippen LogP contribution is -2.11. The van der Waals surface area contributed by atoms with E-state index in [9.17, 15) is 14.9 Å². The number of carbonyl (C=O) groups is 1. The summed E-state index contributed by atoms with van der Waals surface area (Å²) in [5, 5.41) is 10.6. The molecule has 2 rings (SSSR count). The minimum absolute atomic E-state index is 0.125. The first kappa shape index (κ1) is 21.7. The summed E-state index contributed by atoms with van der Waals surface area (Å²) in [4.78, 5) is 22.7. The molecule has 28 heavy (non-hydrogen) atoms. The highest BCUT2D eigenvalue weighted by Crippen LogP contribution is 2.39. The molecule has 0 N–H and O–H groups in total. The van der Waals surface area contributed by atoms with Gasteiger partial charge in [-0.3, -0.25) is 10.1 Å². The van der Waals surface area contributed by atoms with Crippen molar-refractivity contribution in [1.82, 2.24) is 0 Å². The van der Waals surface area contributed by atoms with Gasteiger partial charge in [-0.2, -0.15) is 0 Å². The van der Waals surface area contributed by atoms with E-state index in [4.69, 9.17) is 18.9 Å². The second kappa shape index (κ2) is 9.56. The summed E-state index contributed by atoms with van der Waals surface area (Å²) < 4.78 is 22.3. The predicted octanol–water partition coefficient (Wildman–Crippen LogP) is 4.70. The van der Waals surface area contributed by atoms with Crippen molar-refractivity contribution in [1.29, 1.82) is 0 Å². The van der Waals surface area contributed by atoms with Crippen LogP contribution in [-0.4, -0.2) is 32.2 Å². The minimum Gasteiger partial charge on any atom is -0.493 e. The summed E-state index contributed by atoms with van der Waals surface area (Å²) in [6.45, 7) is 0. The van der Waals surface area contributed by atoms with Crippen molar-refractivity contribution in [2.24, 2.45) is 0 Å². The van der Waals surface area contributed by atoms with Gasteiger partial charge >= 0.3 is 5.97 Å². The second-order valence-corrected chi connectivity index (χ2v) is 6.98. The van der Waals surface area contributed by atoms with E-state index in [1.807, 2.05) is 0 Å². The highest BCUT2D eigenvalue weighted by atomic mass is 79.9. The second-order valence-electron chi connectivity index (χ2n) is 5.21. The molecule has 2 aromatic carbocycles. The van der Waals surface area contributed by atoms with E-state index >= 15 is 0 Å². The predicted molar refractivity (Wildman–Crippen MR) is 109 cm³/mol. The van der Waals surface area contributed by atoms with Crippen LogP contribution in [0.4, 0.5) is 0 Å². The van der Waals surface area contributed by atoms with Gasteiger partial charge in [0.2, 0.25) is 11.9 Å². The highest BCUT2D eigenvalue weighted by Gasteiger charge is 2.20. The Labute approximate surface area is 177 Å². The normalized spacial score (nSPS) is 10.6. The van der Waals surface area contributed by atoms with Crippen molar-refractivity contribution >= 4 is 43.9 Å². The molecule has 2 aromatic rings. The molecule has 0 amide bonds. The summed E-state index contributed by atoms with van der Waals surface area (Å²) in [5.74, 6) is 0.327. The molecular formula is C18H15Br2NO7. The van der Waals surface area contributed by atoms with E-state index in [2.05, 4.69) is 31.9 Å². The topological polar surface area (TPSA) is 97.1 Å². The molecule has 0 saturated carbocycles. The first-order valence-electron chi connectivity index (χ1n) is 7.63. The fourth-order valence-corrected chi connectivity index (χ4v) is 3.64. The van der Waals surface area contributed by atoms with Crippen LogP contribution < -0.4 is 18.9 Å². The molecule has 10 heteroatoms. The van der Waals surface area contributed by atoms with Gasteiger partial charge < -0.3 is 18.9 Å². The average molecular weight is 517 g/mol. The molecule has 0 atom stereocenters. The molecule has 0 aliphatic carbocycles. The Balaban J connectivity index is 2.47. The number of methoxy groups -OCH3 is 3. The van der Waals surface area contributed by atoms with Crippen molar-refractivity contribution in [2.45, 2.75) is 0 Å². The first-order chi connectivity index (χ1) is 13.3. The third-order valence-electron chi connectivity index (χ3n) is 3.51. The van der Waals surface area contributed by atoms with Crippen molar-refractivity contribution in [3.8, 4) is 23.0 Å². The first-order valence-corrected chi connectivity index (χ1v) is 9.22. The van der Waals surface area contributed by atoms with E-state index < -0.39 is 10.9 Å². The van der Waals surface area contributed by atoms with Gasteiger partial charge in [0.15, 0.2) is 17.2 Å². The molecule has 148 valence electrons. The number of esters is 1. The van der Waals surface area contributed by atoms with E-state index in [-0.39, 0.29) is 22.8 Å². The van der Waals surface area contributed by atoms with Gasteiger partial charge in [0, 0.05) is 16.1 Å². The number of nitro groups is 1. The number of hydrogen-bond donors (Lipinski definition) is 0. The fourth-order valence-electron chi connectivity index (χ4n) is 2.30. The Morgan fingerprint density at radius 3 is 2.11 bits per heavy atom. The van der Waals surface area contributed by atoms with Gasteiger partial charge in [-0.05, 0) is 40.2 Å². The number of carbonyl (C=O) groups excluding carboxylic acids is 1. The van der Waals surface area contributed by atoms with Crippen molar-refractivity contribution in [2.75, 3.05) is 21.3 Å². The van der Waals surface area contributed by atoms with Crippen LogP contribution in [0.15, 0.2) is 39.4 Å². The lowest BCUT2D eigenvalue weighted by atomic mass is 10.1. The van der Waals surface area contributed by atoms with Gasteiger partial charge in [0.05, 0.1) is 36.3 Å². The third kappa shape index (κ3) is 5.02. The van der Waals surface area contributed by atoms with Crippen LogP contribution in [0.1, 0.15) is 15.9 Å². The third-order valence-corrected chi connectivity index (χ3v) is 4.55. The zero-order valence-corrected chi connectivity index (χ0v) is 18.2. The zero-order valence-electron chi connectivity index (χ0n) is 15.0. The lowest BCUT2D eigenvalue weighted by molar-refractivity contribution is -0.400. The highest BCUT2D eigenvalue weighted by molar-refractivity contribution is 9.11. The van der Waals surface area contributed by atoms with E-state index in [1.54, 1.807) is 12.1 Å². The summed E-state index contributed by atoms with van der Waals surface area (Å²) in [6, 6.07) is 6.13. The largest absolute Gasteiger partial charge is 0.493 e. The van der Waals surface area contributed by atoms with Gasteiger partial charge in [0.25, 0.3) is 0 Å². The standard InChI is InChI=1S/C18H15Br2NO7/c1-25-14-7-11(8-15(26-2)17(14)27-3)18(22)28-16-10(4-5-21(23)24)6-12(19)9-13(16)20/h4-9H,1-3H3/b5-4+. The number of benzene rings is 2. The number of hydrogen-bond acceptors (Lipinski definition) is 7. The SMILES string of the molecule is COc1cc(C(=O)Oc2c(Br)cc(Br)cc2/C=C/[N+](=O)[O-])cc(OC)c1OC. The van der Waals surface area contributed by atoms with Crippen LogP contribution >= 0.6 is 31.9 Å². The Hall–Kier alpha value is -2.59. The molecule has 0 radical (unpaired) electrons. The zero-order chi connectivity index (χ0) is 20.8. The van der Waals surface area contributed by atoms with Gasteiger partial charge in [-0.1, -0.05) is 15.9 Å². The Morgan fingerprint density at radius 1 is 1.00 bits per heavy atom. The molecule has 0 saturated heterocycles. The minimum atomic E-state index is -0.710. The molecule has 0 aliphatic heterocycles. The molecular weight excluding hydrogens is 502 g/mol. The van der Waals surface area contributed by atoms with Crippen LogP contribution in [-0.2, 0) is 0 Å². The molecule has 0 bridgehead atoms. The van der Waals surface area contributed by atoms with Gasteiger partial charge in [0.1, 0.15) is 0 Å². The number of rotatable bonds is 7. The monoisotopic (exact) mass is 515 g/mol. The lowest BCUT2D eigenvalue weighted by Gasteiger charge is -2.14. The number of ether oxygens (including phenoxy) is 4. The van der Waals surface area contributed by atoms with E-state index in [1.165, 1.54) is 39.5 Å². The van der Waals surface area contributed by atoms with E-state index in [0.29, 0.717) is 20.3 Å². The Bertz CT molecular complexity index is 919. The summed E-state index contributed by atoms with van der Waals surface area (Å²) in [6.07, 6.45) is 1.98. The molecule has 0 aliphatic rings. The average Bonchev–Trinajstić information content (AvgIpc) is 2.66.